The van der Waals surface area contributed by atoms with Gasteiger partial charge in [0.05, 0.1) is 27.1 Å². The molecule has 0 aliphatic carbocycles. The van der Waals surface area contributed by atoms with Crippen LogP contribution in [0.25, 0.3) is 0 Å². The zero-order valence-electron chi connectivity index (χ0n) is 15.6. The molecule has 5 nitrogen and oxygen atoms in total. The summed E-state index contributed by atoms with van der Waals surface area (Å²) in [6.45, 7) is 0. The number of carbonyl (C=O) groups excluding carboxylic acids is 3. The summed E-state index contributed by atoms with van der Waals surface area (Å²) in [5.41, 5.74) is 2.69. The molecule has 1 unspecified atom stereocenters. The second-order valence-corrected chi connectivity index (χ2v) is 8.72. The van der Waals surface area contributed by atoms with Gasteiger partial charge in [-0.15, -0.1) is 11.8 Å². The van der Waals surface area contributed by atoms with E-state index in [1.54, 1.807) is 54.2 Å². The number of nitrogens with zero attached hydrogens (tertiary/aromatic N) is 1. The molecule has 7 heteroatoms. The summed E-state index contributed by atoms with van der Waals surface area (Å²) < 4.78 is 0. The first-order valence-corrected chi connectivity index (χ1v) is 10.6. The van der Waals surface area contributed by atoms with E-state index in [-0.39, 0.29) is 16.2 Å². The average Bonchev–Trinajstić information content (AvgIpc) is 3.29. The number of rotatable bonds is 3. The molecule has 2 aliphatic rings. The van der Waals surface area contributed by atoms with Gasteiger partial charge in [-0.05, 0) is 48.4 Å². The number of anilines is 2. The molecule has 0 bridgehead atoms. The standard InChI is InChI=1S/C23H15ClN2O3S/c24-17-12-14(25-21(27)20-11-13-5-1-4-8-19(13)30-20)9-10-18(17)26-22(28)15-6-2-3-7-16(15)23(26)29/h1-10,12,20H,11H2,(H,25,27). The van der Waals surface area contributed by atoms with Gasteiger partial charge in [-0.3, -0.25) is 14.4 Å². The van der Waals surface area contributed by atoms with Crippen LogP contribution < -0.4 is 10.2 Å². The van der Waals surface area contributed by atoms with Crippen molar-refractivity contribution >= 4 is 52.5 Å². The first-order valence-electron chi connectivity index (χ1n) is 9.36. The predicted octanol–water partition coefficient (Wildman–Crippen LogP) is 4.80. The quantitative estimate of drug-likeness (QED) is 0.601. The summed E-state index contributed by atoms with van der Waals surface area (Å²) in [5, 5.41) is 2.89. The van der Waals surface area contributed by atoms with Crippen LogP contribution in [0.2, 0.25) is 5.02 Å². The normalized spacial score (nSPS) is 17.1. The lowest BCUT2D eigenvalue weighted by Gasteiger charge is -2.17. The zero-order chi connectivity index (χ0) is 20.8. The van der Waals surface area contributed by atoms with Crippen LogP contribution in [-0.2, 0) is 11.2 Å². The molecule has 0 fully saturated rings. The van der Waals surface area contributed by atoms with Crippen LogP contribution in [0, 0.1) is 0 Å². The fourth-order valence-corrected chi connectivity index (χ4v) is 5.19. The molecule has 3 aromatic rings. The average molecular weight is 435 g/mol. The van der Waals surface area contributed by atoms with Crippen LogP contribution in [0.1, 0.15) is 26.3 Å². The molecular formula is C23H15ClN2O3S. The molecule has 3 aromatic carbocycles. The largest absolute Gasteiger partial charge is 0.325 e. The highest BCUT2D eigenvalue weighted by Crippen LogP contribution is 2.38. The van der Waals surface area contributed by atoms with Crippen molar-refractivity contribution < 1.29 is 14.4 Å². The fourth-order valence-electron chi connectivity index (χ4n) is 3.73. The fraction of sp³-hybridized carbons (Fsp3) is 0.0870. The second-order valence-electron chi connectivity index (χ2n) is 7.07. The molecule has 1 atom stereocenters. The number of hydrogen-bond donors (Lipinski definition) is 1. The molecule has 1 N–H and O–H groups in total. The Labute approximate surface area is 182 Å². The van der Waals surface area contributed by atoms with Gasteiger partial charge in [0.1, 0.15) is 0 Å². The highest BCUT2D eigenvalue weighted by Gasteiger charge is 2.37. The molecule has 0 spiro atoms. The van der Waals surface area contributed by atoms with Gasteiger partial charge in [-0.1, -0.05) is 41.9 Å². The Kier molecular flexibility index (Phi) is 4.60. The van der Waals surface area contributed by atoms with Crippen LogP contribution >= 0.6 is 23.4 Å². The lowest BCUT2D eigenvalue weighted by Crippen LogP contribution is -2.29. The maximum absolute atomic E-state index is 12.7. The van der Waals surface area contributed by atoms with Crippen LogP contribution in [0.5, 0.6) is 0 Å². The number of benzene rings is 3. The van der Waals surface area contributed by atoms with Crippen molar-refractivity contribution in [3.8, 4) is 0 Å². The topological polar surface area (TPSA) is 66.5 Å². The molecule has 3 amide bonds. The molecule has 0 saturated heterocycles. The van der Waals surface area contributed by atoms with E-state index in [0.29, 0.717) is 28.9 Å². The van der Waals surface area contributed by atoms with Crippen LogP contribution in [0.3, 0.4) is 0 Å². The molecule has 0 radical (unpaired) electrons. The first-order chi connectivity index (χ1) is 14.5. The smallest absolute Gasteiger partial charge is 0.266 e. The third-order valence-corrected chi connectivity index (χ3v) is 6.81. The number of carbonyl (C=O) groups is 3. The summed E-state index contributed by atoms with van der Waals surface area (Å²) in [7, 11) is 0. The van der Waals surface area contributed by atoms with Gasteiger partial charge >= 0.3 is 0 Å². The van der Waals surface area contributed by atoms with Crippen molar-refractivity contribution in [2.24, 2.45) is 0 Å². The highest BCUT2D eigenvalue weighted by atomic mass is 35.5. The summed E-state index contributed by atoms with van der Waals surface area (Å²) >= 11 is 7.94. The summed E-state index contributed by atoms with van der Waals surface area (Å²) in [5.74, 6) is -0.926. The van der Waals surface area contributed by atoms with E-state index in [2.05, 4.69) is 5.32 Å². The number of nitrogens with one attached hydrogen (secondary N) is 1. The van der Waals surface area contributed by atoms with E-state index in [9.17, 15) is 14.4 Å². The molecular weight excluding hydrogens is 420 g/mol. The van der Waals surface area contributed by atoms with Gasteiger partial charge in [0.2, 0.25) is 5.91 Å². The minimum Gasteiger partial charge on any atom is -0.325 e. The third-order valence-electron chi connectivity index (χ3n) is 5.19. The number of thioether (sulfide) groups is 1. The highest BCUT2D eigenvalue weighted by molar-refractivity contribution is 8.01. The van der Waals surface area contributed by atoms with Crippen molar-refractivity contribution in [1.82, 2.24) is 0 Å². The van der Waals surface area contributed by atoms with Gasteiger partial charge in [0.15, 0.2) is 0 Å². The Bertz CT molecular complexity index is 1170. The minimum atomic E-state index is -0.408. The SMILES string of the molecule is O=C(Nc1ccc(N2C(=O)c3ccccc3C2=O)c(Cl)c1)C1Cc2ccccc2S1. The Morgan fingerprint density at radius 3 is 2.30 bits per heavy atom. The Balaban J connectivity index is 1.34. The molecule has 0 saturated carbocycles. The van der Waals surface area contributed by atoms with E-state index in [1.165, 1.54) is 5.56 Å². The number of amides is 3. The molecule has 2 heterocycles. The van der Waals surface area contributed by atoms with E-state index in [0.717, 1.165) is 9.80 Å². The molecule has 2 aliphatic heterocycles. The first kappa shape index (κ1) is 18.9. The van der Waals surface area contributed by atoms with E-state index >= 15 is 0 Å². The molecule has 30 heavy (non-hydrogen) atoms. The molecule has 0 aromatic heterocycles. The van der Waals surface area contributed by atoms with Gasteiger partial charge < -0.3 is 5.32 Å². The number of halogens is 1. The lowest BCUT2D eigenvalue weighted by molar-refractivity contribution is -0.115. The van der Waals surface area contributed by atoms with Gasteiger partial charge in [0, 0.05) is 10.6 Å². The van der Waals surface area contributed by atoms with Crippen LogP contribution in [0.4, 0.5) is 11.4 Å². The molecule has 5 rings (SSSR count). The monoisotopic (exact) mass is 434 g/mol. The van der Waals surface area contributed by atoms with Gasteiger partial charge in [-0.2, -0.15) is 0 Å². The number of hydrogen-bond acceptors (Lipinski definition) is 4. The predicted molar refractivity (Wildman–Crippen MR) is 117 cm³/mol. The zero-order valence-corrected chi connectivity index (χ0v) is 17.2. The Morgan fingerprint density at radius 2 is 1.63 bits per heavy atom. The summed E-state index contributed by atoms with van der Waals surface area (Å²) in [4.78, 5) is 40.2. The van der Waals surface area contributed by atoms with Crippen LogP contribution in [-0.4, -0.2) is 23.0 Å². The number of fused-ring (bicyclic) bond motifs is 2. The molecule has 148 valence electrons. The number of imide groups is 1. The minimum absolute atomic E-state index is 0.110. The van der Waals surface area contributed by atoms with Crippen molar-refractivity contribution in [2.75, 3.05) is 10.2 Å². The third kappa shape index (κ3) is 3.09. The maximum Gasteiger partial charge on any atom is 0.266 e. The summed E-state index contributed by atoms with van der Waals surface area (Å²) in [6, 6.07) is 19.4. The van der Waals surface area contributed by atoms with Gasteiger partial charge in [0.25, 0.3) is 11.8 Å². The van der Waals surface area contributed by atoms with E-state index in [1.807, 2.05) is 24.3 Å². The van der Waals surface area contributed by atoms with Crippen molar-refractivity contribution in [3.05, 3.63) is 88.4 Å². The van der Waals surface area contributed by atoms with Crippen molar-refractivity contribution in [1.29, 1.82) is 0 Å². The second kappa shape index (κ2) is 7.31. The van der Waals surface area contributed by atoms with E-state index < -0.39 is 11.8 Å². The summed E-state index contributed by atoms with van der Waals surface area (Å²) in [6.07, 6.45) is 0.674. The Hall–Kier alpha value is -3.09. The van der Waals surface area contributed by atoms with Crippen LogP contribution in [0.15, 0.2) is 71.6 Å². The van der Waals surface area contributed by atoms with Gasteiger partial charge in [-0.25, -0.2) is 4.90 Å². The van der Waals surface area contributed by atoms with Crippen molar-refractivity contribution in [2.45, 2.75) is 16.6 Å². The van der Waals surface area contributed by atoms with E-state index in [4.69, 9.17) is 11.6 Å². The lowest BCUT2D eigenvalue weighted by atomic mass is 10.1. The Morgan fingerprint density at radius 1 is 0.967 bits per heavy atom. The maximum atomic E-state index is 12.7. The van der Waals surface area contributed by atoms with Crippen molar-refractivity contribution in [3.63, 3.8) is 0 Å².